The summed E-state index contributed by atoms with van der Waals surface area (Å²) in [4.78, 5) is 13.9. The first-order chi connectivity index (χ1) is 11.0. The standard InChI is InChI=1S/C16H19N3O4/c1-11-4-3-5-12(2)16(11)23-10-14(20)9-18-15-7-6-13(8-17-15)19(21)22/h3-8,14,20H,9-10H2,1-2H3,(H,17,18)/t14-/m1/s1. The van der Waals surface area contributed by atoms with Crippen molar-refractivity contribution in [2.75, 3.05) is 18.5 Å². The van der Waals surface area contributed by atoms with Crippen LogP contribution < -0.4 is 10.1 Å². The van der Waals surface area contributed by atoms with E-state index >= 15 is 0 Å². The Morgan fingerprint density at radius 2 is 2.00 bits per heavy atom. The first kappa shape index (κ1) is 16.7. The highest BCUT2D eigenvalue weighted by Crippen LogP contribution is 2.22. The average Bonchev–Trinajstić information content (AvgIpc) is 2.53. The molecule has 7 heteroatoms. The van der Waals surface area contributed by atoms with Gasteiger partial charge in [0, 0.05) is 12.6 Å². The number of nitro groups is 1. The summed E-state index contributed by atoms with van der Waals surface area (Å²) in [6, 6.07) is 8.71. The summed E-state index contributed by atoms with van der Waals surface area (Å²) in [7, 11) is 0. The van der Waals surface area contributed by atoms with Gasteiger partial charge in [0.05, 0.1) is 4.92 Å². The maximum atomic E-state index is 10.5. The van der Waals surface area contributed by atoms with Crippen LogP contribution in [0.1, 0.15) is 11.1 Å². The third-order valence-electron chi connectivity index (χ3n) is 3.31. The van der Waals surface area contributed by atoms with Crippen LogP contribution in [-0.2, 0) is 0 Å². The highest BCUT2D eigenvalue weighted by molar-refractivity contribution is 5.41. The predicted molar refractivity (Wildman–Crippen MR) is 86.8 cm³/mol. The number of para-hydroxylation sites is 1. The molecule has 0 bridgehead atoms. The fourth-order valence-electron chi connectivity index (χ4n) is 2.09. The quantitative estimate of drug-likeness (QED) is 0.601. The Kier molecular flexibility index (Phi) is 5.48. The van der Waals surface area contributed by atoms with Crippen molar-refractivity contribution in [1.82, 2.24) is 4.98 Å². The van der Waals surface area contributed by atoms with E-state index in [0.717, 1.165) is 16.9 Å². The lowest BCUT2D eigenvalue weighted by atomic mass is 10.1. The van der Waals surface area contributed by atoms with Gasteiger partial charge in [-0.2, -0.15) is 0 Å². The minimum Gasteiger partial charge on any atom is -0.490 e. The summed E-state index contributed by atoms with van der Waals surface area (Å²) in [6.45, 7) is 4.28. The molecule has 0 unspecified atom stereocenters. The summed E-state index contributed by atoms with van der Waals surface area (Å²) in [6.07, 6.45) is 0.438. The van der Waals surface area contributed by atoms with Gasteiger partial charge in [0.15, 0.2) is 0 Å². The van der Waals surface area contributed by atoms with Crippen LogP contribution in [0.4, 0.5) is 11.5 Å². The molecule has 0 aliphatic carbocycles. The van der Waals surface area contributed by atoms with Crippen LogP contribution >= 0.6 is 0 Å². The molecule has 2 N–H and O–H groups in total. The molecule has 23 heavy (non-hydrogen) atoms. The van der Waals surface area contributed by atoms with Crippen LogP contribution in [0.15, 0.2) is 36.5 Å². The van der Waals surface area contributed by atoms with Crippen molar-refractivity contribution in [3.05, 3.63) is 57.8 Å². The molecule has 7 nitrogen and oxygen atoms in total. The molecule has 0 radical (unpaired) electrons. The lowest BCUT2D eigenvalue weighted by Gasteiger charge is -2.16. The number of aryl methyl sites for hydroxylation is 2. The molecule has 0 spiro atoms. The lowest BCUT2D eigenvalue weighted by Crippen LogP contribution is -2.26. The fraction of sp³-hybridized carbons (Fsp3) is 0.312. The number of rotatable bonds is 7. The highest BCUT2D eigenvalue weighted by atomic mass is 16.6. The second-order valence-electron chi connectivity index (χ2n) is 5.23. The van der Waals surface area contributed by atoms with Gasteiger partial charge in [0.2, 0.25) is 0 Å². The summed E-state index contributed by atoms with van der Waals surface area (Å²) >= 11 is 0. The normalized spacial score (nSPS) is 11.8. The molecule has 1 atom stereocenters. The first-order valence-corrected chi connectivity index (χ1v) is 7.18. The van der Waals surface area contributed by atoms with Crippen molar-refractivity contribution >= 4 is 11.5 Å². The maximum absolute atomic E-state index is 10.5. The van der Waals surface area contributed by atoms with Gasteiger partial charge in [0.25, 0.3) is 5.69 Å². The van der Waals surface area contributed by atoms with E-state index in [1.165, 1.54) is 18.3 Å². The molecule has 0 saturated heterocycles. The molecule has 0 amide bonds. The zero-order chi connectivity index (χ0) is 16.8. The maximum Gasteiger partial charge on any atom is 0.287 e. The number of ether oxygens (including phenoxy) is 1. The highest BCUT2D eigenvalue weighted by Gasteiger charge is 2.10. The lowest BCUT2D eigenvalue weighted by molar-refractivity contribution is -0.385. The van der Waals surface area contributed by atoms with E-state index in [-0.39, 0.29) is 18.8 Å². The molecule has 0 fully saturated rings. The van der Waals surface area contributed by atoms with Crippen LogP contribution in [0, 0.1) is 24.0 Å². The fourth-order valence-corrected chi connectivity index (χ4v) is 2.09. The predicted octanol–water partition coefficient (Wildman–Crippen LogP) is 2.46. The van der Waals surface area contributed by atoms with Crippen LogP contribution in [0.25, 0.3) is 0 Å². The first-order valence-electron chi connectivity index (χ1n) is 7.18. The van der Waals surface area contributed by atoms with Gasteiger partial charge in [-0.3, -0.25) is 10.1 Å². The number of hydrogen-bond donors (Lipinski definition) is 2. The van der Waals surface area contributed by atoms with Crippen LogP contribution in [0.5, 0.6) is 5.75 Å². The molecule has 2 aromatic rings. The number of pyridine rings is 1. The Balaban J connectivity index is 1.83. The molecule has 2 rings (SSSR count). The Hall–Kier alpha value is -2.67. The third-order valence-corrected chi connectivity index (χ3v) is 3.31. The van der Waals surface area contributed by atoms with Crippen molar-refractivity contribution in [3.63, 3.8) is 0 Å². The van der Waals surface area contributed by atoms with E-state index in [0.29, 0.717) is 5.82 Å². The molecular weight excluding hydrogens is 298 g/mol. The van der Waals surface area contributed by atoms with Crippen molar-refractivity contribution < 1.29 is 14.8 Å². The van der Waals surface area contributed by atoms with E-state index in [1.807, 2.05) is 32.0 Å². The number of anilines is 1. The van der Waals surface area contributed by atoms with E-state index in [1.54, 1.807) is 0 Å². The van der Waals surface area contributed by atoms with Crippen molar-refractivity contribution in [3.8, 4) is 5.75 Å². The van der Waals surface area contributed by atoms with Gasteiger partial charge in [-0.25, -0.2) is 4.98 Å². The van der Waals surface area contributed by atoms with Crippen molar-refractivity contribution in [2.45, 2.75) is 20.0 Å². The van der Waals surface area contributed by atoms with Crippen molar-refractivity contribution in [1.29, 1.82) is 0 Å². The number of nitrogens with zero attached hydrogens (tertiary/aromatic N) is 2. The second kappa shape index (κ2) is 7.55. The number of benzene rings is 1. The number of hydrogen-bond acceptors (Lipinski definition) is 6. The zero-order valence-corrected chi connectivity index (χ0v) is 13.0. The summed E-state index contributed by atoms with van der Waals surface area (Å²) in [5.41, 5.74) is 1.96. The van der Waals surface area contributed by atoms with E-state index < -0.39 is 11.0 Å². The Labute approximate surface area is 134 Å². The monoisotopic (exact) mass is 317 g/mol. The van der Waals surface area contributed by atoms with Gasteiger partial charge >= 0.3 is 0 Å². The molecule has 0 aliphatic heterocycles. The average molecular weight is 317 g/mol. The van der Waals surface area contributed by atoms with Crippen LogP contribution in [0.3, 0.4) is 0 Å². The topological polar surface area (TPSA) is 97.5 Å². The second-order valence-corrected chi connectivity index (χ2v) is 5.23. The van der Waals surface area contributed by atoms with Gasteiger partial charge in [-0.15, -0.1) is 0 Å². The van der Waals surface area contributed by atoms with Gasteiger partial charge < -0.3 is 15.2 Å². The SMILES string of the molecule is Cc1cccc(C)c1OC[C@H](O)CNc1ccc([N+](=O)[O-])cn1. The van der Waals surface area contributed by atoms with Gasteiger partial charge in [-0.1, -0.05) is 18.2 Å². The van der Waals surface area contributed by atoms with Crippen molar-refractivity contribution in [2.24, 2.45) is 0 Å². The number of aliphatic hydroxyl groups excluding tert-OH is 1. The summed E-state index contributed by atoms with van der Waals surface area (Å²) in [5, 5.41) is 23.4. The van der Waals surface area contributed by atoms with Crippen LogP contribution in [-0.4, -0.2) is 34.3 Å². The van der Waals surface area contributed by atoms with E-state index in [2.05, 4.69) is 10.3 Å². The van der Waals surface area contributed by atoms with Gasteiger partial charge in [-0.05, 0) is 31.0 Å². The summed E-state index contributed by atoms with van der Waals surface area (Å²) in [5.74, 6) is 1.24. The molecular formula is C16H19N3O4. The molecule has 1 aromatic carbocycles. The molecule has 0 saturated carbocycles. The molecule has 122 valence electrons. The molecule has 1 heterocycles. The zero-order valence-electron chi connectivity index (χ0n) is 13.0. The minimum absolute atomic E-state index is 0.0746. The van der Waals surface area contributed by atoms with Gasteiger partial charge in [0.1, 0.15) is 30.5 Å². The Morgan fingerprint density at radius 3 is 2.57 bits per heavy atom. The number of aromatic nitrogens is 1. The summed E-state index contributed by atoms with van der Waals surface area (Å²) < 4.78 is 5.67. The smallest absolute Gasteiger partial charge is 0.287 e. The third kappa shape index (κ3) is 4.65. The molecule has 1 aromatic heterocycles. The number of nitrogens with one attached hydrogen (secondary N) is 1. The largest absolute Gasteiger partial charge is 0.490 e. The van der Waals surface area contributed by atoms with Crippen LogP contribution in [0.2, 0.25) is 0 Å². The molecule has 0 aliphatic rings. The van der Waals surface area contributed by atoms with E-state index in [9.17, 15) is 15.2 Å². The Bertz CT molecular complexity index is 653. The number of aliphatic hydroxyl groups is 1. The Morgan fingerprint density at radius 1 is 1.30 bits per heavy atom. The van der Waals surface area contributed by atoms with E-state index in [4.69, 9.17) is 4.74 Å². The minimum atomic E-state index is -0.731.